The smallest absolute Gasteiger partial charge is 0.141 e. The predicted octanol–water partition coefficient (Wildman–Crippen LogP) is 3.55. The Bertz CT molecular complexity index is 501. The van der Waals surface area contributed by atoms with E-state index < -0.39 is 0 Å². The van der Waals surface area contributed by atoms with Crippen LogP contribution in [-0.2, 0) is 0 Å². The maximum atomic E-state index is 12.7. The molecule has 0 radical (unpaired) electrons. The van der Waals surface area contributed by atoms with E-state index >= 15 is 0 Å². The number of nitrogens with one attached hydrogen (secondary N) is 1. The Labute approximate surface area is 107 Å². The van der Waals surface area contributed by atoms with E-state index in [1.54, 1.807) is 18.5 Å². The summed E-state index contributed by atoms with van der Waals surface area (Å²) in [6.45, 7) is 1.96. The number of hydrogen-bond acceptors (Lipinski definition) is 3. The summed E-state index contributed by atoms with van der Waals surface area (Å²) in [5, 5.41) is 3.24. The molecule has 1 unspecified atom stereocenters. The lowest BCUT2D eigenvalue weighted by Crippen LogP contribution is -2.08. The molecule has 0 aliphatic rings. The van der Waals surface area contributed by atoms with E-state index in [2.05, 4.69) is 31.2 Å². The van der Waals surface area contributed by atoms with Gasteiger partial charge in [0.05, 0.1) is 29.8 Å². The van der Waals surface area contributed by atoms with Gasteiger partial charge in [0.25, 0.3) is 0 Å². The third-order valence-electron chi connectivity index (χ3n) is 2.28. The van der Waals surface area contributed by atoms with Gasteiger partial charge in [-0.3, -0.25) is 9.97 Å². The molecule has 0 fully saturated rings. The molecule has 2 aromatic rings. The first-order valence-electron chi connectivity index (χ1n) is 5.13. The highest BCUT2D eigenvalue weighted by Crippen LogP contribution is 2.19. The molecule has 1 atom stereocenters. The van der Waals surface area contributed by atoms with Crippen LogP contribution in [0.5, 0.6) is 0 Å². The summed E-state index contributed by atoms with van der Waals surface area (Å²) >= 11 is 3.35. The molecule has 3 nitrogen and oxygen atoms in total. The molecule has 1 N–H and O–H groups in total. The standard InChI is InChI=1S/C12H11BrFN3/c1-8(12-3-2-10(14)6-16-12)17-11-4-9(13)5-15-7-11/h2-8,17H,1H3. The van der Waals surface area contributed by atoms with Crippen molar-refractivity contribution in [3.8, 4) is 0 Å². The monoisotopic (exact) mass is 295 g/mol. The number of nitrogens with zero attached hydrogens (tertiary/aromatic N) is 2. The fraction of sp³-hybridized carbons (Fsp3) is 0.167. The van der Waals surface area contributed by atoms with Gasteiger partial charge in [0, 0.05) is 10.7 Å². The van der Waals surface area contributed by atoms with Crippen LogP contribution < -0.4 is 5.32 Å². The van der Waals surface area contributed by atoms with Crippen LogP contribution >= 0.6 is 15.9 Å². The molecule has 0 saturated heterocycles. The molecule has 2 rings (SSSR count). The summed E-state index contributed by atoms with van der Waals surface area (Å²) in [4.78, 5) is 8.08. The largest absolute Gasteiger partial charge is 0.376 e. The second-order valence-electron chi connectivity index (χ2n) is 3.66. The van der Waals surface area contributed by atoms with Crippen molar-refractivity contribution in [1.82, 2.24) is 9.97 Å². The summed E-state index contributed by atoms with van der Waals surface area (Å²) in [6, 6.07) is 4.98. The highest BCUT2D eigenvalue weighted by molar-refractivity contribution is 9.10. The Balaban J connectivity index is 2.11. The number of hydrogen-bond donors (Lipinski definition) is 1. The zero-order valence-electron chi connectivity index (χ0n) is 9.19. The first-order chi connectivity index (χ1) is 8.15. The van der Waals surface area contributed by atoms with E-state index in [0.29, 0.717) is 0 Å². The van der Waals surface area contributed by atoms with Crippen LogP contribution in [0.4, 0.5) is 10.1 Å². The summed E-state index contributed by atoms with van der Waals surface area (Å²) in [7, 11) is 0. The third kappa shape index (κ3) is 3.23. The summed E-state index contributed by atoms with van der Waals surface area (Å²) in [5.74, 6) is -0.329. The van der Waals surface area contributed by atoms with Crippen LogP contribution in [0.2, 0.25) is 0 Å². The average Bonchev–Trinajstić information content (AvgIpc) is 2.29. The van der Waals surface area contributed by atoms with E-state index in [4.69, 9.17) is 0 Å². The Kier molecular flexibility index (Phi) is 3.68. The number of halogens is 2. The van der Waals surface area contributed by atoms with Gasteiger partial charge in [-0.1, -0.05) is 0 Å². The highest BCUT2D eigenvalue weighted by Gasteiger charge is 2.07. The van der Waals surface area contributed by atoms with Crippen molar-refractivity contribution in [1.29, 1.82) is 0 Å². The van der Waals surface area contributed by atoms with Gasteiger partial charge in [0.1, 0.15) is 5.82 Å². The Morgan fingerprint density at radius 3 is 2.76 bits per heavy atom. The highest BCUT2D eigenvalue weighted by atomic mass is 79.9. The predicted molar refractivity (Wildman–Crippen MR) is 68.2 cm³/mol. The van der Waals surface area contributed by atoms with Crippen LogP contribution in [0, 0.1) is 5.82 Å². The van der Waals surface area contributed by atoms with Gasteiger partial charge < -0.3 is 5.32 Å². The SMILES string of the molecule is CC(Nc1cncc(Br)c1)c1ccc(F)cn1. The summed E-state index contributed by atoms with van der Waals surface area (Å²) in [6.07, 6.45) is 4.66. The maximum Gasteiger partial charge on any atom is 0.141 e. The van der Waals surface area contributed by atoms with Gasteiger partial charge in [-0.2, -0.15) is 0 Å². The van der Waals surface area contributed by atoms with Gasteiger partial charge in [0.15, 0.2) is 0 Å². The molecule has 0 spiro atoms. The quantitative estimate of drug-likeness (QED) is 0.941. The van der Waals surface area contributed by atoms with E-state index in [0.717, 1.165) is 15.9 Å². The van der Waals surface area contributed by atoms with Crippen molar-refractivity contribution in [2.24, 2.45) is 0 Å². The number of anilines is 1. The molecule has 17 heavy (non-hydrogen) atoms. The van der Waals surface area contributed by atoms with E-state index in [9.17, 15) is 4.39 Å². The fourth-order valence-electron chi connectivity index (χ4n) is 1.46. The molecule has 2 aromatic heterocycles. The first kappa shape index (κ1) is 12.0. The van der Waals surface area contributed by atoms with Crippen LogP contribution in [0.15, 0.2) is 41.3 Å². The van der Waals surface area contributed by atoms with Crippen LogP contribution in [0.3, 0.4) is 0 Å². The van der Waals surface area contributed by atoms with Crippen molar-refractivity contribution in [2.45, 2.75) is 13.0 Å². The fourth-order valence-corrected chi connectivity index (χ4v) is 1.82. The number of pyridine rings is 2. The molecule has 0 amide bonds. The van der Waals surface area contributed by atoms with Crippen molar-refractivity contribution in [2.75, 3.05) is 5.32 Å². The molecular weight excluding hydrogens is 285 g/mol. The van der Waals surface area contributed by atoms with Crippen LogP contribution in [-0.4, -0.2) is 9.97 Å². The van der Waals surface area contributed by atoms with E-state index in [1.807, 2.05) is 13.0 Å². The molecule has 5 heteroatoms. The molecular formula is C12H11BrFN3. The Morgan fingerprint density at radius 1 is 1.29 bits per heavy atom. The lowest BCUT2D eigenvalue weighted by atomic mass is 10.2. The lowest BCUT2D eigenvalue weighted by Gasteiger charge is -2.14. The topological polar surface area (TPSA) is 37.8 Å². The third-order valence-corrected chi connectivity index (χ3v) is 2.72. The number of rotatable bonds is 3. The zero-order valence-corrected chi connectivity index (χ0v) is 10.8. The molecule has 0 aromatic carbocycles. The second-order valence-corrected chi connectivity index (χ2v) is 4.57. The Morgan fingerprint density at radius 2 is 2.12 bits per heavy atom. The van der Waals surface area contributed by atoms with Crippen molar-refractivity contribution in [3.05, 3.63) is 52.8 Å². The Hall–Kier alpha value is -1.49. The molecule has 0 aliphatic heterocycles. The second kappa shape index (κ2) is 5.23. The van der Waals surface area contributed by atoms with Crippen LogP contribution in [0.1, 0.15) is 18.7 Å². The molecule has 0 saturated carbocycles. The van der Waals surface area contributed by atoms with Gasteiger partial charge >= 0.3 is 0 Å². The van der Waals surface area contributed by atoms with Gasteiger partial charge in [-0.05, 0) is 41.1 Å². The molecule has 0 aliphatic carbocycles. The molecule has 0 bridgehead atoms. The van der Waals surface area contributed by atoms with E-state index in [-0.39, 0.29) is 11.9 Å². The minimum absolute atomic E-state index is 0.00769. The van der Waals surface area contributed by atoms with Gasteiger partial charge in [-0.15, -0.1) is 0 Å². The zero-order chi connectivity index (χ0) is 12.3. The van der Waals surface area contributed by atoms with E-state index in [1.165, 1.54) is 12.3 Å². The maximum absolute atomic E-state index is 12.7. The van der Waals surface area contributed by atoms with Gasteiger partial charge in [0.2, 0.25) is 0 Å². The van der Waals surface area contributed by atoms with Crippen molar-refractivity contribution < 1.29 is 4.39 Å². The van der Waals surface area contributed by atoms with Crippen molar-refractivity contribution in [3.63, 3.8) is 0 Å². The average molecular weight is 296 g/mol. The lowest BCUT2D eigenvalue weighted by molar-refractivity contribution is 0.617. The molecule has 2 heterocycles. The van der Waals surface area contributed by atoms with Crippen molar-refractivity contribution >= 4 is 21.6 Å². The molecule has 88 valence electrons. The minimum Gasteiger partial charge on any atom is -0.376 e. The first-order valence-corrected chi connectivity index (χ1v) is 5.93. The normalized spacial score (nSPS) is 12.2. The minimum atomic E-state index is -0.329. The van der Waals surface area contributed by atoms with Crippen LogP contribution in [0.25, 0.3) is 0 Å². The summed E-state index contributed by atoms with van der Waals surface area (Å²) < 4.78 is 13.6. The van der Waals surface area contributed by atoms with Gasteiger partial charge in [-0.25, -0.2) is 4.39 Å². The summed E-state index contributed by atoms with van der Waals surface area (Å²) in [5.41, 5.74) is 1.67. The number of aromatic nitrogens is 2.